The van der Waals surface area contributed by atoms with Crippen molar-refractivity contribution in [1.29, 1.82) is 0 Å². The molecule has 0 fully saturated rings. The SMILES string of the molecule is CCn1c(SCC(=O)NN=Cc2cc(OC)c(OC)cc2OC)nnc1-c1ccc(C)cc1. The van der Waals surface area contributed by atoms with E-state index in [4.69, 9.17) is 14.2 Å². The molecule has 0 aliphatic heterocycles. The van der Waals surface area contributed by atoms with E-state index in [1.54, 1.807) is 33.5 Å². The van der Waals surface area contributed by atoms with Gasteiger partial charge in [0.25, 0.3) is 5.91 Å². The zero-order chi connectivity index (χ0) is 23.8. The van der Waals surface area contributed by atoms with Gasteiger partial charge in [-0.05, 0) is 19.9 Å². The summed E-state index contributed by atoms with van der Waals surface area (Å²) in [7, 11) is 4.64. The number of amides is 1. The zero-order valence-corrected chi connectivity index (χ0v) is 20.1. The van der Waals surface area contributed by atoms with Gasteiger partial charge in [-0.3, -0.25) is 4.79 Å². The number of ether oxygens (including phenoxy) is 3. The first-order valence-corrected chi connectivity index (χ1v) is 11.2. The second-order valence-electron chi connectivity index (χ2n) is 6.95. The maximum absolute atomic E-state index is 12.3. The lowest BCUT2D eigenvalue weighted by atomic mass is 10.1. The minimum Gasteiger partial charge on any atom is -0.496 e. The summed E-state index contributed by atoms with van der Waals surface area (Å²) in [5.41, 5.74) is 5.33. The summed E-state index contributed by atoms with van der Waals surface area (Å²) in [6, 6.07) is 11.5. The van der Waals surface area contributed by atoms with Gasteiger partial charge >= 0.3 is 0 Å². The Hall–Kier alpha value is -3.53. The molecular formula is C23H27N5O4S. The topological polar surface area (TPSA) is 99.9 Å². The minimum absolute atomic E-state index is 0.145. The van der Waals surface area contributed by atoms with Gasteiger partial charge in [-0.1, -0.05) is 41.6 Å². The fraction of sp³-hybridized carbons (Fsp3) is 0.304. The van der Waals surface area contributed by atoms with Crippen LogP contribution in [0.4, 0.5) is 0 Å². The Balaban J connectivity index is 1.63. The Morgan fingerprint density at radius 1 is 1.06 bits per heavy atom. The minimum atomic E-state index is -0.266. The molecular weight excluding hydrogens is 442 g/mol. The van der Waals surface area contributed by atoms with Crippen LogP contribution in [0.1, 0.15) is 18.1 Å². The maximum atomic E-state index is 12.3. The third kappa shape index (κ3) is 5.83. The molecule has 0 saturated carbocycles. The number of benzene rings is 2. The van der Waals surface area contributed by atoms with Crippen LogP contribution >= 0.6 is 11.8 Å². The van der Waals surface area contributed by atoms with Crippen LogP contribution in [0, 0.1) is 6.92 Å². The average Bonchev–Trinajstić information content (AvgIpc) is 3.25. The summed E-state index contributed by atoms with van der Waals surface area (Å²) in [5.74, 6) is 2.27. The maximum Gasteiger partial charge on any atom is 0.250 e. The first kappa shape index (κ1) is 24.1. The van der Waals surface area contributed by atoms with Crippen molar-refractivity contribution in [2.45, 2.75) is 25.5 Å². The second kappa shape index (κ2) is 11.4. The Labute approximate surface area is 197 Å². The normalized spacial score (nSPS) is 10.9. The smallest absolute Gasteiger partial charge is 0.250 e. The van der Waals surface area contributed by atoms with Crippen LogP contribution in [-0.4, -0.2) is 54.0 Å². The molecule has 0 atom stereocenters. The monoisotopic (exact) mass is 469 g/mol. The molecule has 9 nitrogen and oxygen atoms in total. The van der Waals surface area contributed by atoms with Crippen molar-refractivity contribution in [3.05, 3.63) is 47.5 Å². The van der Waals surface area contributed by atoms with E-state index in [9.17, 15) is 4.79 Å². The molecule has 1 N–H and O–H groups in total. The highest BCUT2D eigenvalue weighted by Crippen LogP contribution is 2.33. The first-order chi connectivity index (χ1) is 16.0. The van der Waals surface area contributed by atoms with Gasteiger partial charge in [0.15, 0.2) is 22.5 Å². The van der Waals surface area contributed by atoms with E-state index in [0.29, 0.717) is 34.5 Å². The van der Waals surface area contributed by atoms with E-state index in [-0.39, 0.29) is 11.7 Å². The third-order valence-corrected chi connectivity index (χ3v) is 5.77. The molecule has 0 bridgehead atoms. The molecule has 3 rings (SSSR count). The molecule has 1 amide bonds. The molecule has 1 heterocycles. The van der Waals surface area contributed by atoms with E-state index in [2.05, 4.69) is 20.7 Å². The van der Waals surface area contributed by atoms with Crippen molar-refractivity contribution in [1.82, 2.24) is 20.2 Å². The van der Waals surface area contributed by atoms with Gasteiger partial charge in [0.2, 0.25) is 0 Å². The van der Waals surface area contributed by atoms with Crippen molar-refractivity contribution in [2.24, 2.45) is 5.10 Å². The number of carbonyl (C=O) groups is 1. The zero-order valence-electron chi connectivity index (χ0n) is 19.3. The molecule has 0 saturated heterocycles. The highest BCUT2D eigenvalue weighted by Gasteiger charge is 2.15. The number of methoxy groups -OCH3 is 3. The van der Waals surface area contributed by atoms with Gasteiger partial charge in [-0.2, -0.15) is 5.10 Å². The number of thioether (sulfide) groups is 1. The Morgan fingerprint density at radius 2 is 1.73 bits per heavy atom. The number of hydrogen-bond acceptors (Lipinski definition) is 8. The van der Waals surface area contributed by atoms with Crippen molar-refractivity contribution in [3.63, 3.8) is 0 Å². The van der Waals surface area contributed by atoms with Crippen LogP contribution in [-0.2, 0) is 11.3 Å². The van der Waals surface area contributed by atoms with Crippen molar-refractivity contribution < 1.29 is 19.0 Å². The number of rotatable bonds is 10. The summed E-state index contributed by atoms with van der Waals surface area (Å²) >= 11 is 1.31. The standard InChI is InChI=1S/C23H27N5O4S/c1-6-28-22(16-9-7-15(2)8-10-16)26-27-23(28)33-14-21(29)25-24-13-17-11-19(31-4)20(32-5)12-18(17)30-3/h7-13H,6,14H2,1-5H3,(H,25,29). The van der Waals surface area contributed by atoms with Crippen LogP contribution < -0.4 is 19.6 Å². The molecule has 174 valence electrons. The fourth-order valence-corrected chi connectivity index (χ4v) is 3.88. The predicted octanol–water partition coefficient (Wildman–Crippen LogP) is 3.54. The van der Waals surface area contributed by atoms with Crippen molar-refractivity contribution >= 4 is 23.9 Å². The summed E-state index contributed by atoms with van der Waals surface area (Å²) in [5, 5.41) is 13.3. The number of aromatic nitrogens is 3. The molecule has 0 spiro atoms. The van der Waals surface area contributed by atoms with Gasteiger partial charge in [0.05, 0.1) is 33.3 Å². The molecule has 0 unspecified atom stereocenters. The predicted molar refractivity (Wildman–Crippen MR) is 128 cm³/mol. The molecule has 33 heavy (non-hydrogen) atoms. The molecule has 3 aromatic rings. The molecule has 0 radical (unpaired) electrons. The molecule has 2 aromatic carbocycles. The first-order valence-electron chi connectivity index (χ1n) is 10.3. The Bertz CT molecular complexity index is 1130. The van der Waals surface area contributed by atoms with Crippen molar-refractivity contribution in [2.75, 3.05) is 27.1 Å². The van der Waals surface area contributed by atoms with Gasteiger partial charge in [-0.25, -0.2) is 5.43 Å². The van der Waals surface area contributed by atoms with Gasteiger partial charge in [0.1, 0.15) is 5.75 Å². The molecule has 10 heteroatoms. The number of aryl methyl sites for hydroxylation is 1. The summed E-state index contributed by atoms with van der Waals surface area (Å²) in [6.45, 7) is 4.75. The summed E-state index contributed by atoms with van der Waals surface area (Å²) in [6.07, 6.45) is 1.49. The fourth-order valence-electron chi connectivity index (χ4n) is 3.09. The van der Waals surface area contributed by atoms with Crippen LogP contribution in [0.3, 0.4) is 0 Å². The number of nitrogens with zero attached hydrogens (tertiary/aromatic N) is 4. The number of hydrazone groups is 1. The highest BCUT2D eigenvalue weighted by atomic mass is 32.2. The number of hydrogen-bond donors (Lipinski definition) is 1. The van der Waals surface area contributed by atoms with Crippen LogP contribution in [0.2, 0.25) is 0 Å². The van der Waals surface area contributed by atoms with Gasteiger partial charge in [-0.15, -0.1) is 10.2 Å². The van der Waals surface area contributed by atoms with Crippen LogP contribution in [0.5, 0.6) is 17.2 Å². The molecule has 0 aliphatic carbocycles. The number of nitrogens with one attached hydrogen (secondary N) is 1. The Kier molecular flexibility index (Phi) is 8.31. The molecule has 0 aliphatic rings. The quantitative estimate of drug-likeness (QED) is 0.275. The van der Waals surface area contributed by atoms with E-state index >= 15 is 0 Å². The Morgan fingerprint density at radius 3 is 2.36 bits per heavy atom. The highest BCUT2D eigenvalue weighted by molar-refractivity contribution is 7.99. The average molecular weight is 470 g/mol. The van der Waals surface area contributed by atoms with E-state index < -0.39 is 0 Å². The van der Waals surface area contributed by atoms with Gasteiger partial charge < -0.3 is 18.8 Å². The second-order valence-corrected chi connectivity index (χ2v) is 7.89. The lowest BCUT2D eigenvalue weighted by molar-refractivity contribution is -0.118. The van der Waals surface area contributed by atoms with E-state index in [1.807, 2.05) is 42.7 Å². The lowest BCUT2D eigenvalue weighted by Crippen LogP contribution is -2.20. The summed E-state index contributed by atoms with van der Waals surface area (Å²) in [4.78, 5) is 12.3. The van der Waals surface area contributed by atoms with E-state index in [0.717, 1.165) is 11.4 Å². The summed E-state index contributed by atoms with van der Waals surface area (Å²) < 4.78 is 17.9. The largest absolute Gasteiger partial charge is 0.496 e. The third-order valence-electron chi connectivity index (χ3n) is 4.80. The van der Waals surface area contributed by atoms with E-state index in [1.165, 1.54) is 23.5 Å². The van der Waals surface area contributed by atoms with Gasteiger partial charge in [0, 0.05) is 23.7 Å². The van der Waals surface area contributed by atoms with Crippen LogP contribution in [0.25, 0.3) is 11.4 Å². The van der Waals surface area contributed by atoms with Crippen LogP contribution in [0.15, 0.2) is 46.7 Å². The van der Waals surface area contributed by atoms with Crippen molar-refractivity contribution in [3.8, 4) is 28.6 Å². The molecule has 1 aromatic heterocycles. The lowest BCUT2D eigenvalue weighted by Gasteiger charge is -2.11. The number of carbonyl (C=O) groups excluding carboxylic acids is 1.